The van der Waals surface area contributed by atoms with Crippen LogP contribution in [0.15, 0.2) is 30.4 Å². The molecule has 1 saturated carbocycles. The molecule has 2 aliphatic rings. The van der Waals surface area contributed by atoms with Crippen molar-refractivity contribution in [1.82, 2.24) is 0 Å². The highest BCUT2D eigenvalue weighted by Crippen LogP contribution is 2.53. The fourth-order valence-corrected chi connectivity index (χ4v) is 3.53. The van der Waals surface area contributed by atoms with Gasteiger partial charge < -0.3 is 14.9 Å². The van der Waals surface area contributed by atoms with Crippen LogP contribution in [0.2, 0.25) is 0 Å². The summed E-state index contributed by atoms with van der Waals surface area (Å²) in [6, 6.07) is 5.18. The first-order chi connectivity index (χ1) is 9.11. The van der Waals surface area contributed by atoms with Crippen LogP contribution in [0.1, 0.15) is 17.9 Å². The van der Waals surface area contributed by atoms with Gasteiger partial charge in [-0.05, 0) is 36.0 Å². The number of rotatable bonds is 3. The molecule has 0 aliphatic heterocycles. The van der Waals surface area contributed by atoms with E-state index in [2.05, 4.69) is 6.08 Å². The van der Waals surface area contributed by atoms with Crippen molar-refractivity contribution in [3.8, 4) is 11.5 Å². The summed E-state index contributed by atoms with van der Waals surface area (Å²) in [5, 5.41) is 19.3. The molecule has 1 aromatic carbocycles. The molecule has 4 atom stereocenters. The van der Waals surface area contributed by atoms with Crippen molar-refractivity contribution in [3.63, 3.8) is 0 Å². The van der Waals surface area contributed by atoms with E-state index in [0.29, 0.717) is 5.75 Å². The molecular formula is C15H16O4. The van der Waals surface area contributed by atoms with E-state index in [1.54, 1.807) is 12.1 Å². The van der Waals surface area contributed by atoms with Crippen molar-refractivity contribution in [3.05, 3.63) is 35.9 Å². The molecule has 4 unspecified atom stereocenters. The Labute approximate surface area is 111 Å². The average molecular weight is 260 g/mol. The largest absolute Gasteiger partial charge is 0.504 e. The van der Waals surface area contributed by atoms with E-state index in [0.717, 1.165) is 12.0 Å². The minimum atomic E-state index is -0.753. The van der Waals surface area contributed by atoms with E-state index >= 15 is 0 Å². The zero-order valence-corrected chi connectivity index (χ0v) is 10.6. The fourth-order valence-electron chi connectivity index (χ4n) is 3.53. The molecule has 19 heavy (non-hydrogen) atoms. The molecule has 0 heterocycles. The fraction of sp³-hybridized carbons (Fsp3) is 0.400. The molecule has 0 amide bonds. The number of allylic oxidation sites excluding steroid dienone is 2. The molecule has 3 rings (SSSR count). The van der Waals surface area contributed by atoms with E-state index < -0.39 is 5.97 Å². The summed E-state index contributed by atoms with van der Waals surface area (Å²) in [4.78, 5) is 11.5. The van der Waals surface area contributed by atoms with Gasteiger partial charge in [0, 0.05) is 5.92 Å². The third kappa shape index (κ3) is 1.79. The summed E-state index contributed by atoms with van der Waals surface area (Å²) in [6.45, 7) is 0. The zero-order chi connectivity index (χ0) is 13.6. The molecule has 2 bridgehead atoms. The lowest BCUT2D eigenvalue weighted by molar-refractivity contribution is -0.143. The summed E-state index contributed by atoms with van der Waals surface area (Å²) in [5.74, 6) is -0.329. The highest BCUT2D eigenvalue weighted by atomic mass is 16.5. The third-order valence-electron chi connectivity index (χ3n) is 4.33. The molecule has 0 saturated heterocycles. The Morgan fingerprint density at radius 3 is 2.68 bits per heavy atom. The number of aliphatic carboxylic acids is 1. The van der Waals surface area contributed by atoms with Crippen LogP contribution in [0, 0.1) is 17.8 Å². The summed E-state index contributed by atoms with van der Waals surface area (Å²) < 4.78 is 5.02. The van der Waals surface area contributed by atoms with Gasteiger partial charge >= 0.3 is 5.97 Å². The minimum absolute atomic E-state index is 0.0516. The first-order valence-corrected chi connectivity index (χ1v) is 6.40. The van der Waals surface area contributed by atoms with E-state index in [9.17, 15) is 15.0 Å². The van der Waals surface area contributed by atoms with Gasteiger partial charge in [0.2, 0.25) is 0 Å². The molecule has 2 N–H and O–H groups in total. The number of carbonyl (C=O) groups is 1. The standard InChI is InChI=1S/C15H16O4/c1-19-12-5-4-10(7-11(12)16)13-8-2-3-9(6-8)14(13)15(17)18/h2-5,7-9,13-14,16H,6H2,1H3,(H,17,18). The minimum Gasteiger partial charge on any atom is -0.504 e. The SMILES string of the molecule is COc1ccc(C2C3C=CC(C3)C2C(=O)O)cc1O. The molecule has 4 heteroatoms. The van der Waals surface area contributed by atoms with Gasteiger partial charge in [0.1, 0.15) is 0 Å². The van der Waals surface area contributed by atoms with Gasteiger partial charge in [-0.15, -0.1) is 0 Å². The Morgan fingerprint density at radius 2 is 2.05 bits per heavy atom. The quantitative estimate of drug-likeness (QED) is 0.819. The zero-order valence-electron chi connectivity index (χ0n) is 10.6. The average Bonchev–Trinajstić information content (AvgIpc) is 2.98. The second-order valence-electron chi connectivity index (χ2n) is 5.27. The number of hydrogen-bond acceptors (Lipinski definition) is 3. The summed E-state index contributed by atoms with van der Waals surface area (Å²) >= 11 is 0. The normalized spacial score (nSPS) is 31.6. The van der Waals surface area contributed by atoms with Crippen LogP contribution in [0.5, 0.6) is 11.5 Å². The predicted octanol–water partition coefficient (Wildman–Crippen LogP) is 2.39. The van der Waals surface area contributed by atoms with E-state index in [1.807, 2.05) is 12.1 Å². The Bertz CT molecular complexity index is 549. The highest BCUT2D eigenvalue weighted by Gasteiger charge is 2.48. The number of carboxylic acids is 1. The first-order valence-electron chi connectivity index (χ1n) is 6.40. The van der Waals surface area contributed by atoms with Crippen LogP contribution in [0.25, 0.3) is 0 Å². The summed E-state index contributed by atoms with van der Waals surface area (Å²) in [5.41, 5.74) is 0.877. The second kappa shape index (κ2) is 4.30. The van der Waals surface area contributed by atoms with Gasteiger partial charge in [0.25, 0.3) is 0 Å². The number of aromatic hydroxyl groups is 1. The maximum absolute atomic E-state index is 11.5. The van der Waals surface area contributed by atoms with Crippen LogP contribution in [0.4, 0.5) is 0 Å². The highest BCUT2D eigenvalue weighted by molar-refractivity contribution is 5.73. The Hall–Kier alpha value is -1.97. The molecule has 0 spiro atoms. The van der Waals surface area contributed by atoms with Crippen molar-refractivity contribution in [2.45, 2.75) is 12.3 Å². The van der Waals surface area contributed by atoms with E-state index in [1.165, 1.54) is 7.11 Å². The van der Waals surface area contributed by atoms with Crippen molar-refractivity contribution in [1.29, 1.82) is 0 Å². The van der Waals surface area contributed by atoms with Crippen molar-refractivity contribution in [2.75, 3.05) is 7.11 Å². The molecule has 0 radical (unpaired) electrons. The van der Waals surface area contributed by atoms with Gasteiger partial charge in [0.15, 0.2) is 11.5 Å². The van der Waals surface area contributed by atoms with Crippen molar-refractivity contribution >= 4 is 5.97 Å². The smallest absolute Gasteiger partial charge is 0.307 e. The Balaban J connectivity index is 1.99. The maximum atomic E-state index is 11.5. The number of phenols is 1. The van der Waals surface area contributed by atoms with Crippen molar-refractivity contribution < 1.29 is 19.7 Å². The number of phenolic OH excluding ortho intramolecular Hbond substituents is 1. The third-order valence-corrected chi connectivity index (χ3v) is 4.33. The number of carboxylic acid groups (broad SMARTS) is 1. The lowest BCUT2D eigenvalue weighted by Crippen LogP contribution is -2.25. The molecule has 100 valence electrons. The number of fused-ring (bicyclic) bond motifs is 2. The number of benzene rings is 1. The summed E-state index contributed by atoms with van der Waals surface area (Å²) in [7, 11) is 1.50. The molecule has 0 aromatic heterocycles. The molecular weight excluding hydrogens is 244 g/mol. The topological polar surface area (TPSA) is 66.8 Å². The van der Waals surface area contributed by atoms with Gasteiger partial charge in [-0.1, -0.05) is 18.2 Å². The lowest BCUT2D eigenvalue weighted by Gasteiger charge is -2.25. The first kappa shape index (κ1) is 12.1. The monoisotopic (exact) mass is 260 g/mol. The number of hydrogen-bond donors (Lipinski definition) is 2. The van der Waals surface area contributed by atoms with Crippen LogP contribution < -0.4 is 4.74 Å². The summed E-state index contributed by atoms with van der Waals surface area (Å²) in [6.07, 6.45) is 5.02. The number of ether oxygens (including phenoxy) is 1. The number of methoxy groups -OCH3 is 1. The van der Waals surface area contributed by atoms with Crippen LogP contribution in [-0.2, 0) is 4.79 Å². The van der Waals surface area contributed by atoms with Crippen LogP contribution >= 0.6 is 0 Å². The van der Waals surface area contributed by atoms with Gasteiger partial charge in [-0.25, -0.2) is 0 Å². The van der Waals surface area contributed by atoms with Gasteiger partial charge in [-0.2, -0.15) is 0 Å². The Kier molecular flexibility index (Phi) is 2.73. The molecule has 4 nitrogen and oxygen atoms in total. The van der Waals surface area contributed by atoms with Crippen LogP contribution in [0.3, 0.4) is 0 Å². The maximum Gasteiger partial charge on any atom is 0.307 e. The van der Waals surface area contributed by atoms with Gasteiger partial charge in [-0.3, -0.25) is 4.79 Å². The van der Waals surface area contributed by atoms with Crippen LogP contribution in [-0.4, -0.2) is 23.3 Å². The van der Waals surface area contributed by atoms with E-state index in [-0.39, 0.29) is 29.4 Å². The second-order valence-corrected chi connectivity index (χ2v) is 5.27. The van der Waals surface area contributed by atoms with E-state index in [4.69, 9.17) is 4.74 Å². The van der Waals surface area contributed by atoms with Gasteiger partial charge in [0.05, 0.1) is 13.0 Å². The molecule has 2 aliphatic carbocycles. The van der Waals surface area contributed by atoms with Crippen molar-refractivity contribution in [2.24, 2.45) is 17.8 Å². The Morgan fingerprint density at radius 1 is 1.32 bits per heavy atom. The molecule has 1 aromatic rings. The predicted molar refractivity (Wildman–Crippen MR) is 69.3 cm³/mol. The lowest BCUT2D eigenvalue weighted by atomic mass is 9.78. The molecule has 1 fully saturated rings.